The van der Waals surface area contributed by atoms with Gasteiger partial charge in [-0.3, -0.25) is 9.88 Å². The van der Waals surface area contributed by atoms with Gasteiger partial charge in [0.15, 0.2) is 17.2 Å². The Morgan fingerprint density at radius 3 is 2.16 bits per heavy atom. The zero-order chi connectivity index (χ0) is 33.5. The molecule has 0 saturated carbocycles. The van der Waals surface area contributed by atoms with Crippen LogP contribution in [0.2, 0.25) is 0 Å². The number of anilines is 1. The van der Waals surface area contributed by atoms with Crippen LogP contribution < -0.4 is 15.0 Å². The van der Waals surface area contributed by atoms with E-state index in [2.05, 4.69) is 50.4 Å². The Morgan fingerprint density at radius 2 is 1.53 bits per heavy atom. The number of nitrogens with zero attached hydrogens (tertiary/aromatic N) is 3. The summed E-state index contributed by atoms with van der Waals surface area (Å²) in [5, 5.41) is 3.29. The molecule has 1 N–H and O–H groups in total. The van der Waals surface area contributed by atoms with Gasteiger partial charge in [-0.1, -0.05) is 42.5 Å². The van der Waals surface area contributed by atoms with Crippen LogP contribution in [-0.2, 0) is 20.8 Å². The van der Waals surface area contributed by atoms with E-state index < -0.39 is 5.60 Å². The summed E-state index contributed by atoms with van der Waals surface area (Å²) in [6, 6.07) is 29.3. The SMILES string of the molecule is COC1=CNC(OC)=C(c2ccccc2)C1(CN(c1ccc(OC)cc1)C1CCN(Cc2ccnc(-c3cccc(F)c3)c2)CC1)OC.Cl.Cl.Cl. The van der Waals surface area contributed by atoms with E-state index in [4.69, 9.17) is 18.9 Å². The summed E-state index contributed by atoms with van der Waals surface area (Å²) in [4.78, 5) is 9.43. The minimum atomic E-state index is -0.978. The van der Waals surface area contributed by atoms with Crippen LogP contribution in [0.3, 0.4) is 0 Å². The number of likely N-dealkylation sites (tertiary alicyclic amines) is 1. The van der Waals surface area contributed by atoms with Gasteiger partial charge in [0.05, 0.1) is 39.1 Å². The summed E-state index contributed by atoms with van der Waals surface area (Å²) in [5.41, 5.74) is 4.65. The average molecular weight is 760 g/mol. The lowest BCUT2D eigenvalue weighted by molar-refractivity contribution is 0.0222. The highest BCUT2D eigenvalue weighted by molar-refractivity contribution is 5.86. The van der Waals surface area contributed by atoms with E-state index >= 15 is 0 Å². The minimum Gasteiger partial charge on any atom is -0.497 e. The highest BCUT2D eigenvalue weighted by Gasteiger charge is 2.48. The number of nitrogens with one attached hydrogen (secondary N) is 1. The first-order chi connectivity index (χ1) is 23.5. The third-order valence-corrected chi connectivity index (χ3v) is 9.34. The number of hydrogen-bond acceptors (Lipinski definition) is 8. The Hall–Kier alpha value is -3.99. The molecule has 4 aromatic rings. The van der Waals surface area contributed by atoms with Gasteiger partial charge in [-0.15, -0.1) is 37.2 Å². The van der Waals surface area contributed by atoms with E-state index in [1.165, 1.54) is 12.1 Å². The van der Waals surface area contributed by atoms with E-state index in [1.807, 2.05) is 54.9 Å². The van der Waals surface area contributed by atoms with Crippen LogP contribution in [0.15, 0.2) is 115 Å². The van der Waals surface area contributed by atoms with Gasteiger partial charge in [-0.25, -0.2) is 4.39 Å². The molecule has 2 aliphatic rings. The van der Waals surface area contributed by atoms with Crippen molar-refractivity contribution in [3.05, 3.63) is 132 Å². The summed E-state index contributed by atoms with van der Waals surface area (Å²) in [6.07, 6.45) is 5.53. The topological polar surface area (TPSA) is 68.3 Å². The second-order valence-corrected chi connectivity index (χ2v) is 12.1. The number of pyridine rings is 1. The molecule has 1 fully saturated rings. The predicted molar refractivity (Wildman–Crippen MR) is 208 cm³/mol. The molecule has 0 aliphatic carbocycles. The summed E-state index contributed by atoms with van der Waals surface area (Å²) in [5.74, 6) is 1.81. The summed E-state index contributed by atoms with van der Waals surface area (Å²) in [6.45, 7) is 3.10. The number of dihydropyridines is 1. The van der Waals surface area contributed by atoms with Crippen LogP contribution >= 0.6 is 37.2 Å². The van der Waals surface area contributed by atoms with Crippen LogP contribution in [0.4, 0.5) is 10.1 Å². The molecule has 6 rings (SSSR count). The van der Waals surface area contributed by atoms with Gasteiger partial charge in [-0.05, 0) is 72.5 Å². The van der Waals surface area contributed by atoms with Crippen molar-refractivity contribution in [2.75, 3.05) is 53.0 Å². The van der Waals surface area contributed by atoms with Crippen LogP contribution in [0, 0.1) is 5.82 Å². The Labute approximate surface area is 318 Å². The number of ether oxygens (including phenoxy) is 4. The summed E-state index contributed by atoms with van der Waals surface area (Å²) < 4.78 is 37.9. The number of methoxy groups -OCH3 is 4. The Morgan fingerprint density at radius 1 is 0.824 bits per heavy atom. The number of piperidine rings is 1. The molecular weight excluding hydrogens is 714 g/mol. The number of hydrogen-bond donors (Lipinski definition) is 1. The van der Waals surface area contributed by atoms with E-state index in [9.17, 15) is 4.39 Å². The van der Waals surface area contributed by atoms with Crippen LogP contribution in [0.1, 0.15) is 24.0 Å². The zero-order valence-electron chi connectivity index (χ0n) is 29.2. The lowest BCUT2D eigenvalue weighted by Crippen LogP contribution is -2.55. The van der Waals surface area contributed by atoms with Crippen molar-refractivity contribution < 1.29 is 23.3 Å². The molecular formula is C39H46Cl3FN4O4. The Bertz CT molecular complexity index is 1760. The molecule has 51 heavy (non-hydrogen) atoms. The maximum atomic E-state index is 13.9. The maximum Gasteiger partial charge on any atom is 0.197 e. The van der Waals surface area contributed by atoms with E-state index in [0.29, 0.717) is 18.2 Å². The molecule has 12 heteroatoms. The molecule has 0 spiro atoms. The first-order valence-corrected chi connectivity index (χ1v) is 16.2. The van der Waals surface area contributed by atoms with Gasteiger partial charge >= 0.3 is 0 Å². The van der Waals surface area contributed by atoms with Gasteiger partial charge in [0.25, 0.3) is 0 Å². The third kappa shape index (κ3) is 9.09. The molecule has 1 atom stereocenters. The van der Waals surface area contributed by atoms with Crippen molar-refractivity contribution in [1.29, 1.82) is 0 Å². The number of aromatic nitrogens is 1. The normalized spacial score (nSPS) is 17.5. The highest BCUT2D eigenvalue weighted by atomic mass is 35.5. The van der Waals surface area contributed by atoms with Gasteiger partial charge in [0.2, 0.25) is 0 Å². The lowest BCUT2D eigenvalue weighted by atomic mass is 9.83. The lowest BCUT2D eigenvalue weighted by Gasteiger charge is -2.46. The highest BCUT2D eigenvalue weighted by Crippen LogP contribution is 2.43. The number of benzene rings is 3. The molecule has 8 nitrogen and oxygen atoms in total. The Kier molecular flexibility index (Phi) is 15.4. The van der Waals surface area contributed by atoms with Gasteiger partial charge in [0.1, 0.15) is 11.6 Å². The second-order valence-electron chi connectivity index (χ2n) is 12.1. The predicted octanol–water partition coefficient (Wildman–Crippen LogP) is 8.12. The molecule has 3 aromatic carbocycles. The molecule has 1 aromatic heterocycles. The number of rotatable bonds is 12. The van der Waals surface area contributed by atoms with Crippen molar-refractivity contribution in [3.63, 3.8) is 0 Å². The second kappa shape index (κ2) is 19.0. The third-order valence-electron chi connectivity index (χ3n) is 9.34. The smallest absolute Gasteiger partial charge is 0.197 e. The summed E-state index contributed by atoms with van der Waals surface area (Å²) >= 11 is 0. The molecule has 1 saturated heterocycles. The van der Waals surface area contributed by atoms with Crippen molar-refractivity contribution in [2.45, 2.75) is 31.0 Å². The van der Waals surface area contributed by atoms with Crippen molar-refractivity contribution in [1.82, 2.24) is 15.2 Å². The first kappa shape index (κ1) is 41.4. The van der Waals surface area contributed by atoms with Crippen molar-refractivity contribution in [3.8, 4) is 17.0 Å². The monoisotopic (exact) mass is 758 g/mol. The number of halogens is 4. The largest absolute Gasteiger partial charge is 0.497 e. The zero-order valence-corrected chi connectivity index (χ0v) is 31.7. The van der Waals surface area contributed by atoms with Gasteiger partial charge in [-0.2, -0.15) is 0 Å². The molecule has 2 aliphatic heterocycles. The summed E-state index contributed by atoms with van der Waals surface area (Å²) in [7, 11) is 6.76. The van der Waals surface area contributed by atoms with E-state index in [-0.39, 0.29) is 49.1 Å². The molecule has 3 heterocycles. The quantitative estimate of drug-likeness (QED) is 0.156. The minimum absolute atomic E-state index is 0. The van der Waals surface area contributed by atoms with Crippen LogP contribution in [-0.4, -0.2) is 69.6 Å². The van der Waals surface area contributed by atoms with E-state index in [0.717, 1.165) is 71.9 Å². The fourth-order valence-electron chi connectivity index (χ4n) is 6.87. The molecule has 0 amide bonds. The van der Waals surface area contributed by atoms with Gasteiger partial charge in [0, 0.05) is 56.4 Å². The van der Waals surface area contributed by atoms with Crippen LogP contribution in [0.5, 0.6) is 5.75 Å². The van der Waals surface area contributed by atoms with E-state index in [1.54, 1.807) is 34.5 Å². The van der Waals surface area contributed by atoms with Crippen LogP contribution in [0.25, 0.3) is 16.8 Å². The first-order valence-electron chi connectivity index (χ1n) is 16.2. The fourth-order valence-corrected chi connectivity index (χ4v) is 6.87. The van der Waals surface area contributed by atoms with Crippen molar-refractivity contribution in [2.24, 2.45) is 0 Å². The van der Waals surface area contributed by atoms with Gasteiger partial charge < -0.3 is 29.2 Å². The van der Waals surface area contributed by atoms with Crippen molar-refractivity contribution >= 4 is 48.5 Å². The Balaban J connectivity index is 0.00000234. The molecule has 274 valence electrons. The molecule has 0 radical (unpaired) electrons. The fraction of sp³-hybridized carbons (Fsp3) is 0.308. The maximum absolute atomic E-state index is 13.9. The standard InChI is InChI=1S/C39H43FN4O4.3ClH/c1-45-34-15-13-32(14-16-34)44(27-39(48-4)36(46-2)25-42-38(47-3)37(39)29-9-6-5-7-10-29)33-18-21-43(22-19-33)26-28-17-20-41-35(23-28)30-11-8-12-31(40)24-30;;;/h5-17,20,23-25,33,42H,18-19,21-22,26-27H2,1-4H3;3*1H. The molecule has 0 bridgehead atoms. The molecule has 1 unspecified atom stereocenters. The average Bonchev–Trinajstić information content (AvgIpc) is 3.14.